The second-order valence-corrected chi connectivity index (χ2v) is 6.21. The Balaban J connectivity index is 1.54. The van der Waals surface area contributed by atoms with Gasteiger partial charge in [0.1, 0.15) is 0 Å². The van der Waals surface area contributed by atoms with Crippen LogP contribution in [0.5, 0.6) is 0 Å². The van der Waals surface area contributed by atoms with Crippen molar-refractivity contribution in [3.05, 3.63) is 48.5 Å². The number of likely N-dealkylation sites (N-methyl/N-ethyl adjacent to an activating group) is 1. The number of rotatable bonds is 6. The van der Waals surface area contributed by atoms with Gasteiger partial charge in [0.05, 0.1) is 6.33 Å². The normalized spacial score (nSPS) is 16.9. The van der Waals surface area contributed by atoms with Crippen molar-refractivity contribution in [2.45, 2.75) is 31.3 Å². The maximum absolute atomic E-state index is 4.08. The molecule has 21 heavy (non-hydrogen) atoms. The van der Waals surface area contributed by atoms with Gasteiger partial charge >= 0.3 is 0 Å². The lowest BCUT2D eigenvalue weighted by molar-refractivity contribution is 0.0598. The van der Waals surface area contributed by atoms with Crippen molar-refractivity contribution in [1.82, 2.24) is 19.8 Å². The number of hydrogen-bond donors (Lipinski definition) is 1. The van der Waals surface area contributed by atoms with E-state index in [0.29, 0.717) is 5.54 Å². The Morgan fingerprint density at radius 1 is 1.24 bits per heavy atom. The van der Waals surface area contributed by atoms with Crippen LogP contribution >= 0.6 is 0 Å². The molecule has 1 aromatic heterocycles. The van der Waals surface area contributed by atoms with Crippen molar-refractivity contribution in [1.29, 1.82) is 0 Å². The average molecular weight is 284 g/mol. The molecule has 0 aliphatic heterocycles. The van der Waals surface area contributed by atoms with Gasteiger partial charge in [-0.05, 0) is 51.1 Å². The standard InChI is InChI=1S/C17H24N4/c1-20(2)17(8-3-9-17)13-19-12-15-4-6-16(7-5-15)21-11-10-18-14-21/h4-7,10-11,14,19H,3,8-9,12-13H2,1-2H3. The highest BCUT2D eigenvalue weighted by atomic mass is 15.2. The number of aromatic nitrogens is 2. The van der Waals surface area contributed by atoms with Crippen LogP contribution in [0, 0.1) is 0 Å². The molecule has 1 N–H and O–H groups in total. The summed E-state index contributed by atoms with van der Waals surface area (Å²) in [6.07, 6.45) is 9.57. The molecule has 0 saturated heterocycles. The molecule has 0 radical (unpaired) electrons. The smallest absolute Gasteiger partial charge is 0.0991 e. The maximum Gasteiger partial charge on any atom is 0.0991 e. The monoisotopic (exact) mass is 284 g/mol. The van der Waals surface area contributed by atoms with Gasteiger partial charge in [-0.1, -0.05) is 12.1 Å². The highest BCUT2D eigenvalue weighted by Gasteiger charge is 2.38. The van der Waals surface area contributed by atoms with E-state index >= 15 is 0 Å². The Kier molecular flexibility index (Phi) is 4.08. The zero-order valence-corrected chi connectivity index (χ0v) is 12.9. The van der Waals surface area contributed by atoms with Crippen LogP contribution in [0.25, 0.3) is 5.69 Å². The van der Waals surface area contributed by atoms with Crippen molar-refractivity contribution >= 4 is 0 Å². The predicted molar refractivity (Wildman–Crippen MR) is 85.5 cm³/mol. The summed E-state index contributed by atoms with van der Waals surface area (Å²) < 4.78 is 2.02. The number of nitrogens with zero attached hydrogens (tertiary/aromatic N) is 3. The molecule has 1 heterocycles. The molecule has 1 fully saturated rings. The van der Waals surface area contributed by atoms with Gasteiger partial charge in [-0.15, -0.1) is 0 Å². The van der Waals surface area contributed by atoms with Crippen LogP contribution in [-0.2, 0) is 6.54 Å². The third-order valence-corrected chi connectivity index (χ3v) is 4.76. The first-order chi connectivity index (χ1) is 10.2. The minimum atomic E-state index is 0.386. The molecule has 4 nitrogen and oxygen atoms in total. The van der Waals surface area contributed by atoms with E-state index < -0.39 is 0 Å². The van der Waals surface area contributed by atoms with Crippen LogP contribution in [0.3, 0.4) is 0 Å². The predicted octanol–water partition coefficient (Wildman–Crippen LogP) is 2.45. The molecule has 1 saturated carbocycles. The molecule has 2 aromatic rings. The first kappa shape index (κ1) is 14.3. The largest absolute Gasteiger partial charge is 0.311 e. The summed E-state index contributed by atoms with van der Waals surface area (Å²) in [6, 6.07) is 8.66. The summed E-state index contributed by atoms with van der Waals surface area (Å²) in [7, 11) is 4.39. The van der Waals surface area contributed by atoms with Crippen molar-refractivity contribution in [2.75, 3.05) is 20.6 Å². The SMILES string of the molecule is CN(C)C1(CNCc2ccc(-n3ccnc3)cc2)CCC1. The molecule has 1 aromatic carbocycles. The molecule has 0 amide bonds. The molecule has 0 atom stereocenters. The average Bonchev–Trinajstić information content (AvgIpc) is 2.96. The van der Waals surface area contributed by atoms with Crippen molar-refractivity contribution < 1.29 is 0 Å². The third kappa shape index (κ3) is 3.01. The van der Waals surface area contributed by atoms with Crippen molar-refractivity contribution in [2.24, 2.45) is 0 Å². The van der Waals surface area contributed by atoms with Crippen LogP contribution in [0.4, 0.5) is 0 Å². The van der Waals surface area contributed by atoms with Gasteiger partial charge < -0.3 is 14.8 Å². The van der Waals surface area contributed by atoms with Crippen molar-refractivity contribution in [3.63, 3.8) is 0 Å². The number of nitrogens with one attached hydrogen (secondary N) is 1. The van der Waals surface area contributed by atoms with E-state index in [0.717, 1.165) is 18.8 Å². The van der Waals surface area contributed by atoms with E-state index in [4.69, 9.17) is 0 Å². The molecular formula is C17H24N4. The molecule has 1 aliphatic carbocycles. The molecule has 3 rings (SSSR count). The first-order valence-corrected chi connectivity index (χ1v) is 7.65. The lowest BCUT2D eigenvalue weighted by Gasteiger charge is -2.47. The fourth-order valence-corrected chi connectivity index (χ4v) is 3.00. The highest BCUT2D eigenvalue weighted by molar-refractivity contribution is 5.34. The number of benzene rings is 1. The summed E-state index contributed by atoms with van der Waals surface area (Å²) in [5.41, 5.74) is 2.86. The Morgan fingerprint density at radius 2 is 2.00 bits per heavy atom. The summed E-state index contributed by atoms with van der Waals surface area (Å²) in [5, 5.41) is 3.62. The van der Waals surface area contributed by atoms with E-state index in [1.165, 1.54) is 24.8 Å². The minimum Gasteiger partial charge on any atom is -0.311 e. The van der Waals surface area contributed by atoms with Crippen LogP contribution < -0.4 is 5.32 Å². The Morgan fingerprint density at radius 3 is 2.52 bits per heavy atom. The highest BCUT2D eigenvalue weighted by Crippen LogP contribution is 2.35. The van der Waals surface area contributed by atoms with E-state index in [1.807, 2.05) is 17.1 Å². The van der Waals surface area contributed by atoms with Gasteiger partial charge in [-0.2, -0.15) is 0 Å². The van der Waals surface area contributed by atoms with Gasteiger partial charge in [0.2, 0.25) is 0 Å². The van der Waals surface area contributed by atoms with Gasteiger partial charge in [0.15, 0.2) is 0 Å². The van der Waals surface area contributed by atoms with E-state index in [2.05, 4.69) is 53.6 Å². The Hall–Kier alpha value is -1.65. The minimum absolute atomic E-state index is 0.386. The molecular weight excluding hydrogens is 260 g/mol. The second-order valence-electron chi connectivity index (χ2n) is 6.21. The summed E-state index contributed by atoms with van der Waals surface area (Å²) in [4.78, 5) is 6.46. The Bertz CT molecular complexity index is 553. The molecule has 112 valence electrons. The molecule has 0 spiro atoms. The van der Waals surface area contributed by atoms with E-state index in [1.54, 1.807) is 6.20 Å². The summed E-state index contributed by atoms with van der Waals surface area (Å²) in [5.74, 6) is 0. The number of hydrogen-bond acceptors (Lipinski definition) is 3. The molecule has 0 bridgehead atoms. The Labute approximate surface area is 126 Å². The lowest BCUT2D eigenvalue weighted by atomic mass is 9.75. The van der Waals surface area contributed by atoms with Crippen LogP contribution in [0.15, 0.2) is 43.0 Å². The quantitative estimate of drug-likeness (QED) is 0.884. The van der Waals surface area contributed by atoms with E-state index in [9.17, 15) is 0 Å². The number of imidazole rings is 1. The zero-order chi connectivity index (χ0) is 14.7. The molecule has 4 heteroatoms. The molecule has 1 aliphatic rings. The molecule has 0 unspecified atom stereocenters. The van der Waals surface area contributed by atoms with Gasteiger partial charge in [0.25, 0.3) is 0 Å². The fourth-order valence-electron chi connectivity index (χ4n) is 3.00. The zero-order valence-electron chi connectivity index (χ0n) is 12.9. The topological polar surface area (TPSA) is 33.1 Å². The van der Waals surface area contributed by atoms with Crippen LogP contribution in [0.1, 0.15) is 24.8 Å². The summed E-state index contributed by atoms with van der Waals surface area (Å²) >= 11 is 0. The van der Waals surface area contributed by atoms with E-state index in [-0.39, 0.29) is 0 Å². The van der Waals surface area contributed by atoms with Gasteiger partial charge in [0, 0.05) is 36.7 Å². The maximum atomic E-state index is 4.08. The van der Waals surface area contributed by atoms with Crippen molar-refractivity contribution in [3.8, 4) is 5.69 Å². The second kappa shape index (κ2) is 6.00. The third-order valence-electron chi connectivity index (χ3n) is 4.76. The van der Waals surface area contributed by atoms with Gasteiger partial charge in [-0.3, -0.25) is 0 Å². The lowest BCUT2D eigenvalue weighted by Crippen LogP contribution is -2.56. The fraction of sp³-hybridized carbons (Fsp3) is 0.471. The first-order valence-electron chi connectivity index (χ1n) is 7.65. The van der Waals surface area contributed by atoms with Gasteiger partial charge in [-0.25, -0.2) is 4.98 Å². The summed E-state index contributed by atoms with van der Waals surface area (Å²) in [6.45, 7) is 2.00. The van der Waals surface area contributed by atoms with Crippen LogP contribution in [0.2, 0.25) is 0 Å². The van der Waals surface area contributed by atoms with Crippen LogP contribution in [-0.4, -0.2) is 40.6 Å².